The fourth-order valence-corrected chi connectivity index (χ4v) is 7.58. The number of nitrogen functional groups attached to an aromatic ring is 1. The summed E-state index contributed by atoms with van der Waals surface area (Å²) >= 11 is 1.22. The molecule has 0 saturated heterocycles. The average molecular weight is 580 g/mol. The zero-order valence-corrected chi connectivity index (χ0v) is 23.9. The minimum absolute atomic E-state index is 0.219. The van der Waals surface area contributed by atoms with Crippen LogP contribution in [-0.4, -0.2) is 29.7 Å². The van der Waals surface area contributed by atoms with Crippen LogP contribution in [0, 0.1) is 0 Å². The zero-order chi connectivity index (χ0) is 29.6. The maximum absolute atomic E-state index is 14.2. The van der Waals surface area contributed by atoms with Gasteiger partial charge in [0.15, 0.2) is 5.78 Å². The van der Waals surface area contributed by atoms with Crippen molar-refractivity contribution in [3.8, 4) is 11.1 Å². The summed E-state index contributed by atoms with van der Waals surface area (Å²) < 4.78 is 0.671. The number of Topliss-reactive ketones (excluding diaryl/α,β-unsaturated/α-hetero) is 1. The summed E-state index contributed by atoms with van der Waals surface area (Å²) in [5.41, 5.74) is 22.7. The number of hydrogen-bond acceptors (Lipinski definition) is 7. The van der Waals surface area contributed by atoms with Gasteiger partial charge in [-0.05, 0) is 53.3 Å². The lowest BCUT2D eigenvalue weighted by molar-refractivity contribution is -0.124. The maximum atomic E-state index is 14.2. The van der Waals surface area contributed by atoms with Crippen LogP contribution in [0.25, 0.3) is 21.2 Å². The van der Waals surface area contributed by atoms with E-state index in [1.54, 1.807) is 12.1 Å². The number of ketones is 1. The van der Waals surface area contributed by atoms with Gasteiger partial charge in [0.1, 0.15) is 5.54 Å². The fraction of sp³-hybridized carbons (Fsp3) is 0.242. The minimum atomic E-state index is -1.54. The Morgan fingerprint density at radius 1 is 0.952 bits per heavy atom. The Hall–Kier alpha value is -4.31. The molecule has 4 atom stereocenters. The molecular weight excluding hydrogens is 546 g/mol. The molecule has 3 aromatic carbocycles. The number of benzene rings is 3. The van der Waals surface area contributed by atoms with Crippen molar-refractivity contribution in [2.45, 2.75) is 49.3 Å². The predicted molar refractivity (Wildman–Crippen MR) is 167 cm³/mol. The number of carbonyl (C=O) groups excluding carboxylic acids is 3. The molecule has 2 aliphatic carbocycles. The Balaban J connectivity index is 1.44. The summed E-state index contributed by atoms with van der Waals surface area (Å²) in [5.74, 6) is -1.02. The number of nitrogens with two attached hydrogens (primary N) is 3. The first kappa shape index (κ1) is 27.8. The van der Waals surface area contributed by atoms with Gasteiger partial charge in [0.25, 0.3) is 5.91 Å². The molecule has 1 saturated carbocycles. The molecule has 0 bridgehead atoms. The van der Waals surface area contributed by atoms with Crippen molar-refractivity contribution in [2.24, 2.45) is 11.5 Å². The first-order valence-corrected chi connectivity index (χ1v) is 14.9. The number of rotatable bonds is 6. The molecule has 1 heterocycles. The van der Waals surface area contributed by atoms with Crippen LogP contribution in [0.4, 0.5) is 5.69 Å². The maximum Gasteiger partial charge on any atom is 0.262 e. The van der Waals surface area contributed by atoms with Gasteiger partial charge < -0.3 is 27.8 Å². The van der Waals surface area contributed by atoms with Crippen LogP contribution < -0.4 is 27.8 Å². The lowest BCUT2D eigenvalue weighted by atomic mass is 9.70. The van der Waals surface area contributed by atoms with E-state index in [1.807, 2.05) is 54.6 Å². The van der Waals surface area contributed by atoms with Crippen molar-refractivity contribution in [3.63, 3.8) is 0 Å². The van der Waals surface area contributed by atoms with Crippen molar-refractivity contribution in [1.82, 2.24) is 10.6 Å². The summed E-state index contributed by atoms with van der Waals surface area (Å²) in [6, 6.07) is 19.4. The number of amides is 2. The van der Waals surface area contributed by atoms with E-state index in [0.717, 1.165) is 36.8 Å². The molecule has 9 heteroatoms. The van der Waals surface area contributed by atoms with Crippen LogP contribution in [0.15, 0.2) is 79.4 Å². The summed E-state index contributed by atoms with van der Waals surface area (Å²) in [4.78, 5) is 40.4. The van der Waals surface area contributed by atoms with Crippen LogP contribution in [0.5, 0.6) is 0 Å². The molecule has 8 N–H and O–H groups in total. The molecule has 4 aromatic rings. The highest BCUT2D eigenvalue weighted by molar-refractivity contribution is 7.21. The molecule has 1 aromatic heterocycles. The zero-order valence-electron chi connectivity index (χ0n) is 23.1. The van der Waals surface area contributed by atoms with Crippen LogP contribution in [0.2, 0.25) is 0 Å². The van der Waals surface area contributed by atoms with Crippen molar-refractivity contribution >= 4 is 44.7 Å². The molecule has 0 spiro atoms. The summed E-state index contributed by atoms with van der Waals surface area (Å²) in [5, 5.41) is 6.71. The van der Waals surface area contributed by atoms with Crippen molar-refractivity contribution in [3.05, 3.63) is 101 Å². The van der Waals surface area contributed by atoms with E-state index in [9.17, 15) is 14.4 Å². The molecule has 42 heavy (non-hydrogen) atoms. The third kappa shape index (κ3) is 4.50. The summed E-state index contributed by atoms with van der Waals surface area (Å²) in [7, 11) is 0. The van der Waals surface area contributed by atoms with Gasteiger partial charge >= 0.3 is 0 Å². The molecule has 0 aliphatic heterocycles. The van der Waals surface area contributed by atoms with E-state index in [4.69, 9.17) is 17.2 Å². The summed E-state index contributed by atoms with van der Waals surface area (Å²) in [6.45, 7) is 3.53. The highest BCUT2D eigenvalue weighted by Crippen LogP contribution is 2.49. The molecule has 2 aliphatic rings. The van der Waals surface area contributed by atoms with Crippen molar-refractivity contribution in [2.75, 3.05) is 5.73 Å². The van der Waals surface area contributed by atoms with Gasteiger partial charge in [-0.25, -0.2) is 0 Å². The van der Waals surface area contributed by atoms with E-state index < -0.39 is 17.4 Å². The average Bonchev–Trinajstić information content (AvgIpc) is 3.43. The third-order valence-corrected chi connectivity index (χ3v) is 9.79. The number of anilines is 1. The van der Waals surface area contributed by atoms with Crippen LogP contribution >= 0.6 is 11.3 Å². The Morgan fingerprint density at radius 3 is 2.36 bits per heavy atom. The first-order chi connectivity index (χ1) is 20.2. The molecule has 8 nitrogen and oxygen atoms in total. The topological polar surface area (TPSA) is 153 Å². The third-order valence-electron chi connectivity index (χ3n) is 8.54. The normalized spacial score (nSPS) is 23.4. The van der Waals surface area contributed by atoms with Crippen molar-refractivity contribution < 1.29 is 14.4 Å². The Labute approximate surface area is 248 Å². The monoisotopic (exact) mass is 579 g/mol. The highest BCUT2D eigenvalue weighted by atomic mass is 32.1. The quantitative estimate of drug-likeness (QED) is 0.170. The van der Waals surface area contributed by atoms with Crippen LogP contribution in [-0.2, 0) is 15.1 Å². The Kier molecular flexibility index (Phi) is 7.18. The molecule has 1 fully saturated rings. The summed E-state index contributed by atoms with van der Waals surface area (Å²) in [6.07, 6.45) is 4.57. The largest absolute Gasteiger partial charge is 0.398 e. The van der Waals surface area contributed by atoms with Gasteiger partial charge in [-0.15, -0.1) is 11.3 Å². The number of thiophene rings is 1. The minimum Gasteiger partial charge on any atom is -0.398 e. The molecule has 2 amide bonds. The van der Waals surface area contributed by atoms with Crippen LogP contribution in [0.3, 0.4) is 0 Å². The Bertz CT molecular complexity index is 1730. The van der Waals surface area contributed by atoms with Gasteiger partial charge in [0.05, 0.1) is 15.6 Å². The van der Waals surface area contributed by atoms with Gasteiger partial charge in [0.2, 0.25) is 5.91 Å². The second-order valence-electron chi connectivity index (χ2n) is 11.0. The van der Waals surface area contributed by atoms with E-state index in [0.29, 0.717) is 37.3 Å². The van der Waals surface area contributed by atoms with E-state index in [1.165, 1.54) is 17.4 Å². The molecule has 214 valence electrons. The fourth-order valence-electron chi connectivity index (χ4n) is 6.37. The van der Waals surface area contributed by atoms with Crippen LogP contribution in [0.1, 0.15) is 58.1 Å². The van der Waals surface area contributed by atoms with E-state index in [-0.39, 0.29) is 23.9 Å². The number of nitrogens with one attached hydrogen (secondary N) is 2. The molecule has 2 unspecified atom stereocenters. The number of hydrogen-bond donors (Lipinski definition) is 5. The van der Waals surface area contributed by atoms with Gasteiger partial charge in [-0.1, -0.05) is 74.0 Å². The SMILES string of the molecule is C=CC(=O)N[C@H]1CCCC[C@H]1NC(=O)c1sc2c(N)ccc3c2c1C(N)C(=O)C3(N)c1cccc(-c2ccccc2)c1. The molecule has 0 radical (unpaired) electrons. The van der Waals surface area contributed by atoms with E-state index >= 15 is 0 Å². The highest BCUT2D eigenvalue weighted by Gasteiger charge is 2.49. The lowest BCUT2D eigenvalue weighted by Gasteiger charge is -2.37. The van der Waals surface area contributed by atoms with Gasteiger partial charge in [0, 0.05) is 28.7 Å². The first-order valence-electron chi connectivity index (χ1n) is 14.1. The smallest absolute Gasteiger partial charge is 0.262 e. The van der Waals surface area contributed by atoms with Gasteiger partial charge in [-0.2, -0.15) is 0 Å². The van der Waals surface area contributed by atoms with Gasteiger partial charge in [-0.3, -0.25) is 14.4 Å². The second-order valence-corrected chi connectivity index (χ2v) is 12.1. The van der Waals surface area contributed by atoms with E-state index in [2.05, 4.69) is 17.2 Å². The standard InChI is InChI=1S/C33H33N5O3S/c1-2-25(39)37-23-13-6-7-14-24(23)38-32(41)30-27-26-21(15-16-22(34)29(26)42-30)33(36,31(40)28(27)35)20-12-8-11-19(17-20)18-9-4-3-5-10-18/h2-5,8-12,15-17,23-24,28H,1,6-7,13-14,34-36H2,(H,37,39)(H,38,41)/t23-,24+,28?,33?/m0/s1. The lowest BCUT2D eigenvalue weighted by Crippen LogP contribution is -2.54. The molecule has 6 rings (SSSR count). The van der Waals surface area contributed by atoms with Crippen molar-refractivity contribution in [1.29, 1.82) is 0 Å². The second kappa shape index (κ2) is 10.8. The Morgan fingerprint density at radius 2 is 1.64 bits per heavy atom. The number of carbonyl (C=O) groups is 3. The predicted octanol–water partition coefficient (Wildman–Crippen LogP) is 4.28. The molecular formula is C33H33N5O3S.